The van der Waals surface area contributed by atoms with E-state index in [9.17, 15) is 9.90 Å². The van der Waals surface area contributed by atoms with Crippen LogP contribution in [0.3, 0.4) is 0 Å². The lowest BCUT2D eigenvalue weighted by atomic mass is 10.1. The molecule has 1 amide bonds. The number of aliphatic hydroxyl groups excluding tert-OH is 1. The molecule has 0 aliphatic carbocycles. The molecule has 3 heterocycles. The third kappa shape index (κ3) is 1.91. The number of aliphatic imine (C=N–C) groups is 1. The van der Waals surface area contributed by atoms with Crippen LogP contribution in [0.1, 0.15) is 16.8 Å². The maximum atomic E-state index is 12.8. The van der Waals surface area contributed by atoms with Crippen LogP contribution in [0, 0.1) is 0 Å². The van der Waals surface area contributed by atoms with Gasteiger partial charge in [-0.25, -0.2) is 4.99 Å². The average Bonchev–Trinajstić information content (AvgIpc) is 3.06. The number of fused-ring (bicyclic) bond motifs is 3. The van der Waals surface area contributed by atoms with Crippen molar-refractivity contribution in [1.82, 2.24) is 4.90 Å². The minimum absolute atomic E-state index is 0.113. The summed E-state index contributed by atoms with van der Waals surface area (Å²) in [5.74, 6) is 1.08. The Morgan fingerprint density at radius 3 is 2.90 bits per heavy atom. The number of aliphatic hydroxyl groups is 1. The maximum absolute atomic E-state index is 12.8. The fourth-order valence-electron chi connectivity index (χ4n) is 3.00. The van der Waals surface area contributed by atoms with E-state index >= 15 is 0 Å². The van der Waals surface area contributed by atoms with E-state index < -0.39 is 6.10 Å². The molecule has 1 saturated heterocycles. The van der Waals surface area contributed by atoms with Gasteiger partial charge in [-0.15, -0.1) is 11.8 Å². The smallest absolute Gasteiger partial charge is 0.256 e. The summed E-state index contributed by atoms with van der Waals surface area (Å²) in [6, 6.07) is 3.30. The molecule has 1 N–H and O–H groups in total. The van der Waals surface area contributed by atoms with E-state index in [0.717, 1.165) is 5.04 Å². The van der Waals surface area contributed by atoms with E-state index in [-0.39, 0.29) is 18.7 Å². The number of benzene rings is 1. The lowest BCUT2D eigenvalue weighted by molar-refractivity contribution is 0.0749. The van der Waals surface area contributed by atoms with E-state index in [0.29, 0.717) is 35.7 Å². The molecular weight excluding hydrogens is 292 g/mol. The predicted octanol–water partition coefficient (Wildman–Crippen LogP) is 1.40. The van der Waals surface area contributed by atoms with Crippen LogP contribution < -0.4 is 9.47 Å². The highest BCUT2D eigenvalue weighted by Gasteiger charge is 2.40. The Hall–Kier alpha value is -1.73. The average molecular weight is 306 g/mol. The van der Waals surface area contributed by atoms with Gasteiger partial charge in [0, 0.05) is 19.0 Å². The number of carbonyl (C=O) groups is 1. The summed E-state index contributed by atoms with van der Waals surface area (Å²) in [6.45, 7) is 0.507. The highest BCUT2D eigenvalue weighted by atomic mass is 32.2. The summed E-state index contributed by atoms with van der Waals surface area (Å²) in [4.78, 5) is 19.1. The van der Waals surface area contributed by atoms with Gasteiger partial charge in [0.2, 0.25) is 6.79 Å². The number of amides is 1. The molecule has 1 aromatic rings. The number of ether oxygens (including phenoxy) is 2. The second-order valence-electron chi connectivity index (χ2n) is 5.24. The molecule has 4 rings (SSSR count). The van der Waals surface area contributed by atoms with Crippen LogP contribution in [0.25, 0.3) is 0 Å². The van der Waals surface area contributed by atoms with Crippen molar-refractivity contribution >= 4 is 28.4 Å². The lowest BCUT2D eigenvalue weighted by Crippen LogP contribution is -2.38. The predicted molar refractivity (Wildman–Crippen MR) is 78.6 cm³/mol. The quantitative estimate of drug-likeness (QED) is 0.784. The van der Waals surface area contributed by atoms with E-state index in [2.05, 4.69) is 4.99 Å². The second-order valence-corrected chi connectivity index (χ2v) is 6.07. The Labute approximate surface area is 125 Å². The summed E-state index contributed by atoms with van der Waals surface area (Å²) in [7, 11) is 0. The van der Waals surface area contributed by atoms with Gasteiger partial charge in [0.05, 0.1) is 28.4 Å². The van der Waals surface area contributed by atoms with Gasteiger partial charge in [-0.2, -0.15) is 0 Å². The molecule has 2 atom stereocenters. The van der Waals surface area contributed by atoms with Gasteiger partial charge in [0.25, 0.3) is 5.91 Å². The van der Waals surface area contributed by atoms with Crippen LogP contribution in [-0.2, 0) is 0 Å². The van der Waals surface area contributed by atoms with Gasteiger partial charge >= 0.3 is 0 Å². The second kappa shape index (κ2) is 4.64. The minimum atomic E-state index is -0.494. The fourth-order valence-corrected chi connectivity index (χ4v) is 3.68. The Bertz CT molecular complexity index is 661. The van der Waals surface area contributed by atoms with Crippen LogP contribution >= 0.6 is 11.8 Å². The molecule has 110 valence electrons. The Morgan fingerprint density at radius 1 is 1.38 bits per heavy atom. The fraction of sp³-hybridized carbons (Fsp3) is 0.429. The lowest BCUT2D eigenvalue weighted by Gasteiger charge is -2.22. The first-order chi connectivity index (χ1) is 10.2. The Morgan fingerprint density at radius 2 is 2.14 bits per heavy atom. The van der Waals surface area contributed by atoms with Crippen molar-refractivity contribution in [3.8, 4) is 11.5 Å². The molecule has 1 fully saturated rings. The highest BCUT2D eigenvalue weighted by Crippen LogP contribution is 2.41. The zero-order chi connectivity index (χ0) is 14.6. The molecule has 0 saturated carbocycles. The standard InChI is InChI=1S/C14H14N2O4S/c1-21-13-10-2-7(17)5-16(10)14(18)8-3-11-12(20-6-19-11)4-9(8)15-13/h3-4,7,10,17H,2,5-6H2,1H3/t7-,10?/m1/s1. The SMILES string of the molecule is CSC1=Nc2cc3c(cc2C(=O)N2C[C@H](O)CC12)OCO3. The molecule has 1 aromatic carbocycles. The van der Waals surface area contributed by atoms with Gasteiger partial charge in [-0.3, -0.25) is 4.79 Å². The van der Waals surface area contributed by atoms with Gasteiger partial charge in [0.1, 0.15) is 0 Å². The van der Waals surface area contributed by atoms with Crippen molar-refractivity contribution in [1.29, 1.82) is 0 Å². The highest BCUT2D eigenvalue weighted by molar-refractivity contribution is 8.13. The van der Waals surface area contributed by atoms with Crippen LogP contribution in [0.5, 0.6) is 11.5 Å². The van der Waals surface area contributed by atoms with Gasteiger partial charge < -0.3 is 19.5 Å². The first-order valence-electron chi connectivity index (χ1n) is 6.72. The minimum Gasteiger partial charge on any atom is -0.454 e. The Balaban J connectivity index is 1.87. The Kier molecular flexibility index (Phi) is 2.87. The topological polar surface area (TPSA) is 71.4 Å². The molecule has 6 nitrogen and oxygen atoms in total. The van der Waals surface area contributed by atoms with Crippen LogP contribution in [-0.4, -0.2) is 52.7 Å². The number of rotatable bonds is 0. The first kappa shape index (κ1) is 13.0. The van der Waals surface area contributed by atoms with Crippen molar-refractivity contribution in [2.75, 3.05) is 19.6 Å². The molecule has 0 bridgehead atoms. The number of nitrogens with zero attached hydrogens (tertiary/aromatic N) is 2. The summed E-state index contributed by atoms with van der Waals surface area (Å²) in [5, 5.41) is 10.7. The first-order valence-corrected chi connectivity index (χ1v) is 7.95. The van der Waals surface area contributed by atoms with Crippen molar-refractivity contribution in [3.05, 3.63) is 17.7 Å². The van der Waals surface area contributed by atoms with Crippen molar-refractivity contribution in [3.63, 3.8) is 0 Å². The number of hydrogen-bond donors (Lipinski definition) is 1. The van der Waals surface area contributed by atoms with Crippen molar-refractivity contribution in [2.24, 2.45) is 4.99 Å². The van der Waals surface area contributed by atoms with Crippen LogP contribution in [0.4, 0.5) is 5.69 Å². The summed E-state index contributed by atoms with van der Waals surface area (Å²) < 4.78 is 10.7. The maximum Gasteiger partial charge on any atom is 0.256 e. The summed E-state index contributed by atoms with van der Waals surface area (Å²) >= 11 is 1.51. The molecule has 0 aromatic heterocycles. The normalized spacial score (nSPS) is 26.3. The molecule has 0 spiro atoms. The third-order valence-electron chi connectivity index (χ3n) is 3.99. The zero-order valence-corrected chi connectivity index (χ0v) is 12.2. The van der Waals surface area contributed by atoms with Crippen molar-refractivity contribution < 1.29 is 19.4 Å². The zero-order valence-electron chi connectivity index (χ0n) is 11.4. The van der Waals surface area contributed by atoms with Gasteiger partial charge in [-0.1, -0.05) is 0 Å². The number of thioether (sulfide) groups is 1. The molecular formula is C14H14N2O4S. The number of carbonyl (C=O) groups excluding carboxylic acids is 1. The van der Waals surface area contributed by atoms with E-state index in [1.165, 1.54) is 11.8 Å². The van der Waals surface area contributed by atoms with Crippen LogP contribution in [0.15, 0.2) is 17.1 Å². The summed E-state index contributed by atoms with van der Waals surface area (Å²) in [5.41, 5.74) is 1.11. The van der Waals surface area contributed by atoms with E-state index in [1.54, 1.807) is 17.0 Å². The van der Waals surface area contributed by atoms with E-state index in [4.69, 9.17) is 9.47 Å². The molecule has 0 radical (unpaired) electrons. The third-order valence-corrected chi connectivity index (χ3v) is 4.77. The largest absolute Gasteiger partial charge is 0.454 e. The van der Waals surface area contributed by atoms with Gasteiger partial charge in [-0.05, 0) is 12.3 Å². The molecule has 21 heavy (non-hydrogen) atoms. The monoisotopic (exact) mass is 306 g/mol. The van der Waals surface area contributed by atoms with E-state index in [1.807, 2.05) is 6.26 Å². The molecule has 3 aliphatic heterocycles. The molecule has 7 heteroatoms. The molecule has 3 aliphatic rings. The number of hydrogen-bond acceptors (Lipinski definition) is 6. The van der Waals surface area contributed by atoms with Gasteiger partial charge in [0.15, 0.2) is 11.5 Å². The molecule has 1 unspecified atom stereocenters. The van der Waals surface area contributed by atoms with Crippen LogP contribution in [0.2, 0.25) is 0 Å². The summed E-state index contributed by atoms with van der Waals surface area (Å²) in [6.07, 6.45) is 1.97. The van der Waals surface area contributed by atoms with Crippen molar-refractivity contribution in [2.45, 2.75) is 18.6 Å².